The Hall–Kier alpha value is 0. The van der Waals surface area contributed by atoms with Crippen molar-refractivity contribution in [3.63, 3.8) is 0 Å². The average Bonchev–Trinajstić information content (AvgIpc) is 2.81. The van der Waals surface area contributed by atoms with Gasteiger partial charge in [0, 0.05) is 26.7 Å². The summed E-state index contributed by atoms with van der Waals surface area (Å²) in [6.45, 7) is 12.5. The normalized spacial score (nSPS) is 20.1. The lowest BCUT2D eigenvalue weighted by Gasteiger charge is -2.24. The summed E-state index contributed by atoms with van der Waals surface area (Å²) in [7, 11) is 1.90. The monoisotopic (exact) mass is 381 g/mol. The second-order valence-corrected chi connectivity index (χ2v) is 5.89. The predicted molar refractivity (Wildman–Crippen MR) is 95.4 cm³/mol. The molecule has 0 bridgehead atoms. The van der Waals surface area contributed by atoms with Crippen LogP contribution in [0.1, 0.15) is 47.0 Å². The summed E-state index contributed by atoms with van der Waals surface area (Å²) >= 11 is 0. The van der Waals surface area contributed by atoms with Crippen LogP contribution >= 0.6 is 24.0 Å². The number of guanidine groups is 1. The number of nitrogens with zero attached hydrogens (tertiary/aromatic N) is 2. The van der Waals surface area contributed by atoms with Gasteiger partial charge < -0.3 is 10.2 Å². The van der Waals surface area contributed by atoms with E-state index in [1.54, 1.807) is 0 Å². The molecule has 0 saturated carbocycles. The molecule has 114 valence electrons. The van der Waals surface area contributed by atoms with E-state index in [1.807, 2.05) is 7.05 Å². The van der Waals surface area contributed by atoms with Crippen molar-refractivity contribution in [2.45, 2.75) is 47.0 Å². The van der Waals surface area contributed by atoms with E-state index >= 15 is 0 Å². The third kappa shape index (κ3) is 5.88. The highest BCUT2D eigenvalue weighted by Crippen LogP contribution is 2.28. The summed E-state index contributed by atoms with van der Waals surface area (Å²) in [6.07, 6.45) is 3.95. The van der Waals surface area contributed by atoms with Gasteiger partial charge in [0.25, 0.3) is 0 Å². The van der Waals surface area contributed by atoms with Gasteiger partial charge in [0.1, 0.15) is 0 Å². The van der Waals surface area contributed by atoms with Crippen molar-refractivity contribution in [2.75, 3.05) is 26.7 Å². The number of likely N-dealkylation sites (tertiary alicyclic amines) is 1. The van der Waals surface area contributed by atoms with Crippen LogP contribution < -0.4 is 5.32 Å². The Morgan fingerprint density at radius 3 is 2.42 bits per heavy atom. The van der Waals surface area contributed by atoms with Crippen LogP contribution in [-0.2, 0) is 0 Å². The zero-order chi connectivity index (χ0) is 13.5. The fourth-order valence-electron chi connectivity index (χ4n) is 2.95. The third-order valence-electron chi connectivity index (χ3n) is 4.12. The van der Waals surface area contributed by atoms with Gasteiger partial charge in [-0.1, -0.05) is 40.5 Å². The fourth-order valence-corrected chi connectivity index (χ4v) is 2.95. The van der Waals surface area contributed by atoms with Crippen LogP contribution in [0.25, 0.3) is 0 Å². The van der Waals surface area contributed by atoms with Gasteiger partial charge in [-0.25, -0.2) is 0 Å². The summed E-state index contributed by atoms with van der Waals surface area (Å²) in [5.74, 6) is 3.51. The number of nitrogens with one attached hydrogen (secondary N) is 1. The molecule has 0 aromatic rings. The van der Waals surface area contributed by atoms with Crippen LogP contribution in [-0.4, -0.2) is 37.5 Å². The van der Waals surface area contributed by atoms with E-state index in [0.29, 0.717) is 5.92 Å². The molecular weight excluding hydrogens is 349 g/mol. The molecular formula is C15H32IN3. The van der Waals surface area contributed by atoms with Gasteiger partial charge in [-0.3, -0.25) is 4.99 Å². The molecule has 1 heterocycles. The maximum absolute atomic E-state index is 4.42. The van der Waals surface area contributed by atoms with Crippen LogP contribution in [0.4, 0.5) is 0 Å². The molecule has 0 radical (unpaired) electrons. The van der Waals surface area contributed by atoms with Gasteiger partial charge in [0.2, 0.25) is 0 Å². The zero-order valence-corrected chi connectivity index (χ0v) is 15.6. The number of aliphatic imine (C=N–C) groups is 1. The van der Waals surface area contributed by atoms with Crippen molar-refractivity contribution >= 4 is 29.9 Å². The van der Waals surface area contributed by atoms with Crippen LogP contribution in [0, 0.1) is 17.8 Å². The predicted octanol–water partition coefficient (Wildman–Crippen LogP) is 3.59. The SMILES string of the molecule is CCC(CC)C1CCN(C(=NC)NCC(C)C)C1.I. The first-order chi connectivity index (χ1) is 8.62. The first-order valence-corrected chi connectivity index (χ1v) is 7.57. The van der Waals surface area contributed by atoms with Gasteiger partial charge in [-0.15, -0.1) is 24.0 Å². The quantitative estimate of drug-likeness (QED) is 0.448. The molecule has 4 heteroatoms. The molecule has 1 unspecified atom stereocenters. The molecule has 0 aliphatic carbocycles. The summed E-state index contributed by atoms with van der Waals surface area (Å²) < 4.78 is 0. The maximum atomic E-state index is 4.42. The molecule has 1 saturated heterocycles. The topological polar surface area (TPSA) is 27.6 Å². The molecule has 1 aliphatic rings. The summed E-state index contributed by atoms with van der Waals surface area (Å²) in [5, 5.41) is 3.48. The summed E-state index contributed by atoms with van der Waals surface area (Å²) in [4.78, 5) is 6.85. The van der Waals surface area contributed by atoms with Crippen LogP contribution in [0.15, 0.2) is 4.99 Å². The highest BCUT2D eigenvalue weighted by Gasteiger charge is 2.29. The van der Waals surface area contributed by atoms with Crippen molar-refractivity contribution in [1.82, 2.24) is 10.2 Å². The van der Waals surface area contributed by atoms with Gasteiger partial charge in [0.15, 0.2) is 5.96 Å². The van der Waals surface area contributed by atoms with E-state index in [9.17, 15) is 0 Å². The largest absolute Gasteiger partial charge is 0.356 e. The van der Waals surface area contributed by atoms with Crippen molar-refractivity contribution in [3.05, 3.63) is 0 Å². The molecule has 1 atom stereocenters. The number of rotatable bonds is 5. The first kappa shape index (κ1) is 19.0. The van der Waals surface area contributed by atoms with Gasteiger partial charge in [-0.2, -0.15) is 0 Å². The Balaban J connectivity index is 0.00000324. The molecule has 0 aromatic heterocycles. The van der Waals surface area contributed by atoms with Gasteiger partial charge >= 0.3 is 0 Å². The van der Waals surface area contributed by atoms with Crippen molar-refractivity contribution in [3.8, 4) is 0 Å². The minimum absolute atomic E-state index is 0. The Morgan fingerprint density at radius 2 is 1.95 bits per heavy atom. The fraction of sp³-hybridized carbons (Fsp3) is 0.933. The standard InChI is InChI=1S/C15H31N3.HI/c1-6-13(7-2)14-8-9-18(11-14)15(16-5)17-10-12(3)4;/h12-14H,6-11H2,1-5H3,(H,16,17);1H. The van der Waals surface area contributed by atoms with Gasteiger partial charge in [0.05, 0.1) is 0 Å². The van der Waals surface area contributed by atoms with Crippen molar-refractivity contribution in [1.29, 1.82) is 0 Å². The van der Waals surface area contributed by atoms with E-state index in [2.05, 4.69) is 42.9 Å². The van der Waals surface area contributed by atoms with E-state index < -0.39 is 0 Å². The summed E-state index contributed by atoms with van der Waals surface area (Å²) in [5.41, 5.74) is 0. The Bertz CT molecular complexity index is 262. The van der Waals surface area contributed by atoms with E-state index in [0.717, 1.165) is 24.3 Å². The van der Waals surface area contributed by atoms with Crippen LogP contribution in [0.5, 0.6) is 0 Å². The second-order valence-electron chi connectivity index (χ2n) is 5.89. The average molecular weight is 381 g/mol. The molecule has 1 N–H and O–H groups in total. The Labute approximate surface area is 136 Å². The first-order valence-electron chi connectivity index (χ1n) is 7.57. The maximum Gasteiger partial charge on any atom is 0.193 e. The lowest BCUT2D eigenvalue weighted by Crippen LogP contribution is -2.41. The highest BCUT2D eigenvalue weighted by molar-refractivity contribution is 14.0. The van der Waals surface area contributed by atoms with E-state index in [1.165, 1.54) is 32.4 Å². The minimum Gasteiger partial charge on any atom is -0.356 e. The van der Waals surface area contributed by atoms with Crippen LogP contribution in [0.3, 0.4) is 0 Å². The smallest absolute Gasteiger partial charge is 0.193 e. The number of hydrogen-bond donors (Lipinski definition) is 1. The molecule has 3 nitrogen and oxygen atoms in total. The molecule has 19 heavy (non-hydrogen) atoms. The number of hydrogen-bond acceptors (Lipinski definition) is 1. The molecule has 1 rings (SSSR count). The van der Waals surface area contributed by atoms with Crippen molar-refractivity contribution < 1.29 is 0 Å². The zero-order valence-electron chi connectivity index (χ0n) is 13.3. The lowest BCUT2D eigenvalue weighted by molar-refractivity contribution is 0.318. The van der Waals surface area contributed by atoms with Crippen LogP contribution in [0.2, 0.25) is 0 Å². The Morgan fingerprint density at radius 1 is 1.32 bits per heavy atom. The second kappa shape index (κ2) is 9.83. The van der Waals surface area contributed by atoms with E-state index in [-0.39, 0.29) is 24.0 Å². The third-order valence-corrected chi connectivity index (χ3v) is 4.12. The Kier molecular flexibility index (Phi) is 9.83. The lowest BCUT2D eigenvalue weighted by atomic mass is 9.87. The van der Waals surface area contributed by atoms with Crippen molar-refractivity contribution in [2.24, 2.45) is 22.7 Å². The molecule has 1 aliphatic heterocycles. The van der Waals surface area contributed by atoms with Gasteiger partial charge in [-0.05, 0) is 24.2 Å². The molecule has 0 aromatic carbocycles. The molecule has 0 spiro atoms. The highest BCUT2D eigenvalue weighted by atomic mass is 127. The summed E-state index contributed by atoms with van der Waals surface area (Å²) in [6, 6.07) is 0. The molecule has 1 fully saturated rings. The molecule has 0 amide bonds. The minimum atomic E-state index is 0. The van der Waals surface area contributed by atoms with E-state index in [4.69, 9.17) is 0 Å². The number of halogens is 1.